The Labute approximate surface area is 115 Å². The lowest BCUT2D eigenvalue weighted by Gasteiger charge is -2.40. The topological polar surface area (TPSA) is 95.1 Å². The maximum Gasteiger partial charge on any atom is 0.163 e. The molecule has 108 valence electrons. The Morgan fingerprint density at radius 2 is 1.75 bits per heavy atom. The third-order valence-corrected chi connectivity index (χ3v) is 3.77. The molecular formula is C14H17NO5. The van der Waals surface area contributed by atoms with Crippen LogP contribution in [0.1, 0.15) is 6.23 Å². The van der Waals surface area contributed by atoms with Crippen LogP contribution in [0, 0.1) is 0 Å². The molecule has 2 heterocycles. The van der Waals surface area contributed by atoms with Gasteiger partial charge < -0.3 is 29.7 Å². The SMILES string of the molecule is OCC1OC(n2ccc3ccccc32)C(O)C(O)C1O. The van der Waals surface area contributed by atoms with Gasteiger partial charge in [0.2, 0.25) is 0 Å². The van der Waals surface area contributed by atoms with E-state index in [4.69, 9.17) is 4.74 Å². The number of ether oxygens (including phenoxy) is 1. The molecule has 20 heavy (non-hydrogen) atoms. The largest absolute Gasteiger partial charge is 0.394 e. The van der Waals surface area contributed by atoms with Gasteiger partial charge in [-0.05, 0) is 17.5 Å². The minimum absolute atomic E-state index is 0.430. The summed E-state index contributed by atoms with van der Waals surface area (Å²) in [4.78, 5) is 0. The molecule has 0 aliphatic carbocycles. The number of benzene rings is 1. The smallest absolute Gasteiger partial charge is 0.163 e. The van der Waals surface area contributed by atoms with Gasteiger partial charge in [0.25, 0.3) is 0 Å². The minimum Gasteiger partial charge on any atom is -0.394 e. The molecule has 1 saturated heterocycles. The second-order valence-corrected chi connectivity index (χ2v) is 5.00. The molecule has 2 aromatic rings. The Morgan fingerprint density at radius 1 is 1.00 bits per heavy atom. The Hall–Kier alpha value is -1.44. The van der Waals surface area contributed by atoms with Gasteiger partial charge in [-0.1, -0.05) is 18.2 Å². The van der Waals surface area contributed by atoms with Crippen LogP contribution in [0.15, 0.2) is 36.5 Å². The number of rotatable bonds is 2. The average Bonchev–Trinajstić information content (AvgIpc) is 2.89. The van der Waals surface area contributed by atoms with Gasteiger partial charge in [-0.2, -0.15) is 0 Å². The van der Waals surface area contributed by atoms with Gasteiger partial charge in [-0.15, -0.1) is 0 Å². The van der Waals surface area contributed by atoms with Crippen LogP contribution in [-0.4, -0.2) is 56.0 Å². The lowest BCUT2D eigenvalue weighted by Crippen LogP contribution is -2.56. The molecule has 1 aliphatic rings. The quantitative estimate of drug-likeness (QED) is 0.601. The number of hydrogen-bond acceptors (Lipinski definition) is 5. The average molecular weight is 279 g/mol. The van der Waals surface area contributed by atoms with Crippen molar-refractivity contribution in [2.45, 2.75) is 30.6 Å². The summed E-state index contributed by atoms with van der Waals surface area (Å²) in [6.45, 7) is -0.430. The van der Waals surface area contributed by atoms with Crippen LogP contribution in [0.2, 0.25) is 0 Å². The summed E-state index contributed by atoms with van der Waals surface area (Å²) >= 11 is 0. The first-order valence-electron chi connectivity index (χ1n) is 6.49. The van der Waals surface area contributed by atoms with E-state index in [1.807, 2.05) is 30.3 Å². The summed E-state index contributed by atoms with van der Waals surface area (Å²) in [6, 6.07) is 9.44. The van der Waals surface area contributed by atoms with Crippen LogP contribution >= 0.6 is 0 Å². The number of aliphatic hydroxyl groups is 4. The van der Waals surface area contributed by atoms with Crippen LogP contribution in [-0.2, 0) is 4.74 Å². The lowest BCUT2D eigenvalue weighted by atomic mass is 9.98. The van der Waals surface area contributed by atoms with E-state index in [2.05, 4.69) is 0 Å². The zero-order valence-electron chi connectivity index (χ0n) is 10.7. The second kappa shape index (κ2) is 5.16. The first-order chi connectivity index (χ1) is 9.63. The van der Waals surface area contributed by atoms with Gasteiger partial charge in [0.05, 0.1) is 12.1 Å². The fourth-order valence-corrected chi connectivity index (χ4v) is 2.64. The highest BCUT2D eigenvalue weighted by molar-refractivity contribution is 5.80. The van der Waals surface area contributed by atoms with Crippen molar-refractivity contribution >= 4 is 10.9 Å². The number of fused-ring (bicyclic) bond motifs is 1. The number of aliphatic hydroxyl groups excluding tert-OH is 4. The van der Waals surface area contributed by atoms with E-state index < -0.39 is 37.3 Å². The summed E-state index contributed by atoms with van der Waals surface area (Å²) in [5, 5.41) is 39.9. The van der Waals surface area contributed by atoms with Gasteiger partial charge >= 0.3 is 0 Å². The third kappa shape index (κ3) is 2.02. The van der Waals surface area contributed by atoms with Crippen molar-refractivity contribution in [2.24, 2.45) is 0 Å². The molecule has 6 heteroatoms. The molecule has 4 N–H and O–H groups in total. The molecule has 1 fully saturated rings. The Morgan fingerprint density at radius 3 is 2.50 bits per heavy atom. The molecule has 1 aromatic carbocycles. The summed E-state index contributed by atoms with van der Waals surface area (Å²) in [7, 11) is 0. The molecule has 0 saturated carbocycles. The van der Waals surface area contributed by atoms with Crippen molar-refractivity contribution < 1.29 is 25.2 Å². The van der Waals surface area contributed by atoms with E-state index in [0.717, 1.165) is 10.9 Å². The number of nitrogens with zero attached hydrogens (tertiary/aromatic N) is 1. The molecule has 5 unspecified atom stereocenters. The zero-order valence-corrected chi connectivity index (χ0v) is 10.7. The molecule has 3 rings (SSSR count). The van der Waals surface area contributed by atoms with Crippen molar-refractivity contribution in [3.05, 3.63) is 36.5 Å². The molecule has 0 amide bonds. The van der Waals surface area contributed by atoms with E-state index >= 15 is 0 Å². The van der Waals surface area contributed by atoms with Gasteiger partial charge in [0.15, 0.2) is 6.23 Å². The molecule has 0 bridgehead atoms. The summed E-state index contributed by atoms with van der Waals surface area (Å²) < 4.78 is 7.23. The van der Waals surface area contributed by atoms with E-state index in [1.54, 1.807) is 10.8 Å². The monoisotopic (exact) mass is 279 g/mol. The Balaban J connectivity index is 2.00. The highest BCUT2D eigenvalue weighted by atomic mass is 16.6. The molecule has 1 aliphatic heterocycles. The van der Waals surface area contributed by atoms with Crippen LogP contribution in [0.3, 0.4) is 0 Å². The first-order valence-corrected chi connectivity index (χ1v) is 6.49. The van der Waals surface area contributed by atoms with Crippen molar-refractivity contribution in [2.75, 3.05) is 6.61 Å². The maximum atomic E-state index is 10.1. The molecule has 0 radical (unpaired) electrons. The van der Waals surface area contributed by atoms with E-state index in [-0.39, 0.29) is 0 Å². The lowest BCUT2D eigenvalue weighted by molar-refractivity contribution is -0.250. The molecule has 6 nitrogen and oxygen atoms in total. The zero-order chi connectivity index (χ0) is 14.3. The predicted octanol–water partition coefficient (Wildman–Crippen LogP) is -0.386. The van der Waals surface area contributed by atoms with Crippen molar-refractivity contribution in [3.63, 3.8) is 0 Å². The van der Waals surface area contributed by atoms with Crippen LogP contribution in [0.25, 0.3) is 10.9 Å². The molecule has 1 aromatic heterocycles. The molecule has 0 spiro atoms. The van der Waals surface area contributed by atoms with Crippen molar-refractivity contribution in [3.8, 4) is 0 Å². The third-order valence-electron chi connectivity index (χ3n) is 3.77. The van der Waals surface area contributed by atoms with Gasteiger partial charge in [0, 0.05) is 6.20 Å². The van der Waals surface area contributed by atoms with Crippen molar-refractivity contribution in [1.29, 1.82) is 0 Å². The number of aromatic nitrogens is 1. The first kappa shape index (κ1) is 13.5. The summed E-state index contributed by atoms with van der Waals surface area (Å²) in [5.74, 6) is 0. The summed E-state index contributed by atoms with van der Waals surface area (Å²) in [6.07, 6.45) is -3.99. The van der Waals surface area contributed by atoms with Gasteiger partial charge in [-0.3, -0.25) is 0 Å². The highest BCUT2D eigenvalue weighted by Gasteiger charge is 2.44. The summed E-state index contributed by atoms with van der Waals surface area (Å²) in [5.41, 5.74) is 0.844. The predicted molar refractivity (Wildman–Crippen MR) is 71.0 cm³/mol. The Bertz CT molecular complexity index is 596. The fraction of sp³-hybridized carbons (Fsp3) is 0.429. The van der Waals surface area contributed by atoms with E-state index in [1.165, 1.54) is 0 Å². The normalized spacial score (nSPS) is 34.5. The van der Waals surface area contributed by atoms with Crippen LogP contribution in [0.5, 0.6) is 0 Å². The second-order valence-electron chi connectivity index (χ2n) is 5.00. The van der Waals surface area contributed by atoms with Gasteiger partial charge in [-0.25, -0.2) is 0 Å². The Kier molecular flexibility index (Phi) is 3.49. The molecule has 5 atom stereocenters. The van der Waals surface area contributed by atoms with Crippen LogP contribution in [0.4, 0.5) is 0 Å². The minimum atomic E-state index is -1.37. The number of para-hydroxylation sites is 1. The highest BCUT2D eigenvalue weighted by Crippen LogP contribution is 2.31. The van der Waals surface area contributed by atoms with Crippen LogP contribution < -0.4 is 0 Å². The van der Waals surface area contributed by atoms with Gasteiger partial charge in [0.1, 0.15) is 24.4 Å². The van der Waals surface area contributed by atoms with Crippen molar-refractivity contribution in [1.82, 2.24) is 4.57 Å². The maximum absolute atomic E-state index is 10.1. The van der Waals surface area contributed by atoms with E-state index in [0.29, 0.717) is 0 Å². The standard InChI is InChI=1S/C14H17NO5/c16-7-10-11(17)12(18)13(19)14(20-10)15-6-5-8-3-1-2-4-9(8)15/h1-6,10-14,16-19H,7H2. The molecular weight excluding hydrogens is 262 g/mol. The van der Waals surface area contributed by atoms with E-state index in [9.17, 15) is 20.4 Å². The number of hydrogen-bond donors (Lipinski definition) is 4. The fourth-order valence-electron chi connectivity index (χ4n) is 2.64.